The third kappa shape index (κ3) is 3.29. The van der Waals surface area contributed by atoms with Gasteiger partial charge < -0.3 is 20.7 Å². The summed E-state index contributed by atoms with van der Waals surface area (Å²) >= 11 is 0. The lowest BCUT2D eigenvalue weighted by Crippen LogP contribution is -2.28. The number of phenolic OH excluding ortho intramolecular Hbond substituents is 1. The van der Waals surface area contributed by atoms with Crippen molar-refractivity contribution in [1.29, 1.82) is 0 Å². The van der Waals surface area contributed by atoms with Gasteiger partial charge in [0, 0.05) is 6.42 Å². The lowest BCUT2D eigenvalue weighted by atomic mass is 9.96. The van der Waals surface area contributed by atoms with E-state index in [9.17, 15) is 10.2 Å². The number of aromatic hydroxyl groups is 1. The van der Waals surface area contributed by atoms with Crippen LogP contribution in [0.25, 0.3) is 0 Å². The number of nitrogens with two attached hydrogens (primary N) is 1. The summed E-state index contributed by atoms with van der Waals surface area (Å²) in [6.07, 6.45) is -0.225. The van der Waals surface area contributed by atoms with E-state index >= 15 is 0 Å². The van der Waals surface area contributed by atoms with E-state index in [-0.39, 0.29) is 5.75 Å². The average Bonchev–Trinajstić information content (AvgIpc) is 2.48. The Balaban J connectivity index is 2.12. The van der Waals surface area contributed by atoms with Crippen LogP contribution in [0.2, 0.25) is 0 Å². The van der Waals surface area contributed by atoms with E-state index in [0.717, 1.165) is 11.1 Å². The lowest BCUT2D eigenvalue weighted by molar-refractivity contribution is 0.145. The fourth-order valence-electron chi connectivity index (χ4n) is 2.11. The van der Waals surface area contributed by atoms with Crippen molar-refractivity contribution in [3.8, 4) is 11.5 Å². The standard InChI is InChI=1S/C16H19NO3/c1-20-15-10-12(7-8-13(15)18)16(17)14(19)9-11-5-3-2-4-6-11/h2-8,10,14,16,18-19H,9,17H2,1H3/t14-,16+/m0/s1. The smallest absolute Gasteiger partial charge is 0.160 e. The molecular weight excluding hydrogens is 254 g/mol. The molecule has 0 aliphatic heterocycles. The van der Waals surface area contributed by atoms with Crippen LogP contribution >= 0.6 is 0 Å². The minimum Gasteiger partial charge on any atom is -0.504 e. The number of aliphatic hydroxyl groups is 1. The summed E-state index contributed by atoms with van der Waals surface area (Å²) in [5.41, 5.74) is 7.83. The Hall–Kier alpha value is -2.04. The molecule has 4 N–H and O–H groups in total. The number of hydrogen-bond donors (Lipinski definition) is 3. The van der Waals surface area contributed by atoms with E-state index < -0.39 is 12.1 Å². The maximum atomic E-state index is 10.2. The van der Waals surface area contributed by atoms with Crippen molar-refractivity contribution in [2.45, 2.75) is 18.6 Å². The number of aliphatic hydroxyl groups excluding tert-OH is 1. The van der Waals surface area contributed by atoms with Gasteiger partial charge in [0.25, 0.3) is 0 Å². The van der Waals surface area contributed by atoms with Crippen LogP contribution in [-0.2, 0) is 6.42 Å². The Labute approximate surface area is 118 Å². The second kappa shape index (κ2) is 6.41. The molecule has 0 unspecified atom stereocenters. The minimum atomic E-state index is -0.702. The molecule has 2 atom stereocenters. The molecular formula is C16H19NO3. The van der Waals surface area contributed by atoms with Crippen molar-refractivity contribution in [3.05, 3.63) is 59.7 Å². The van der Waals surface area contributed by atoms with Gasteiger partial charge in [-0.3, -0.25) is 0 Å². The summed E-state index contributed by atoms with van der Waals surface area (Å²) in [7, 11) is 1.48. The van der Waals surface area contributed by atoms with E-state index in [1.807, 2.05) is 30.3 Å². The number of methoxy groups -OCH3 is 1. The van der Waals surface area contributed by atoms with Crippen molar-refractivity contribution in [3.63, 3.8) is 0 Å². The van der Waals surface area contributed by atoms with E-state index in [2.05, 4.69) is 0 Å². The summed E-state index contributed by atoms with van der Waals surface area (Å²) in [5.74, 6) is 0.408. The van der Waals surface area contributed by atoms with Crippen LogP contribution in [0, 0.1) is 0 Å². The van der Waals surface area contributed by atoms with Gasteiger partial charge in [-0.2, -0.15) is 0 Å². The van der Waals surface area contributed by atoms with Crippen molar-refractivity contribution in [1.82, 2.24) is 0 Å². The monoisotopic (exact) mass is 273 g/mol. The molecule has 0 radical (unpaired) electrons. The first-order chi connectivity index (χ1) is 9.61. The molecule has 106 valence electrons. The summed E-state index contributed by atoms with van der Waals surface area (Å²) < 4.78 is 5.05. The first-order valence-corrected chi connectivity index (χ1v) is 6.46. The van der Waals surface area contributed by atoms with Crippen LogP contribution in [0.1, 0.15) is 17.2 Å². The van der Waals surface area contributed by atoms with Crippen LogP contribution in [0.4, 0.5) is 0 Å². The molecule has 2 rings (SSSR count). The number of benzene rings is 2. The molecule has 4 nitrogen and oxygen atoms in total. The van der Waals surface area contributed by atoms with Gasteiger partial charge in [-0.15, -0.1) is 0 Å². The topological polar surface area (TPSA) is 75.7 Å². The average molecular weight is 273 g/mol. The first-order valence-electron chi connectivity index (χ1n) is 6.46. The molecule has 0 aliphatic carbocycles. The molecule has 0 spiro atoms. The predicted octanol–water partition coefficient (Wildman–Crippen LogP) is 2.00. The van der Waals surface area contributed by atoms with Gasteiger partial charge in [-0.05, 0) is 23.3 Å². The molecule has 0 saturated carbocycles. The minimum absolute atomic E-state index is 0.0565. The SMILES string of the molecule is COc1cc([C@@H](N)[C@@H](O)Cc2ccccc2)ccc1O. The third-order valence-corrected chi connectivity index (χ3v) is 3.29. The zero-order valence-corrected chi connectivity index (χ0v) is 11.4. The predicted molar refractivity (Wildman–Crippen MR) is 77.7 cm³/mol. The zero-order valence-electron chi connectivity index (χ0n) is 11.4. The van der Waals surface area contributed by atoms with Crippen molar-refractivity contribution < 1.29 is 14.9 Å². The second-order valence-electron chi connectivity index (χ2n) is 4.71. The molecule has 20 heavy (non-hydrogen) atoms. The largest absolute Gasteiger partial charge is 0.504 e. The highest BCUT2D eigenvalue weighted by Gasteiger charge is 2.18. The Morgan fingerprint density at radius 3 is 2.50 bits per heavy atom. The number of rotatable bonds is 5. The quantitative estimate of drug-likeness (QED) is 0.779. The van der Waals surface area contributed by atoms with Gasteiger partial charge in [0.15, 0.2) is 11.5 Å². The van der Waals surface area contributed by atoms with Gasteiger partial charge in [-0.1, -0.05) is 36.4 Å². The third-order valence-electron chi connectivity index (χ3n) is 3.29. The maximum absolute atomic E-state index is 10.2. The summed E-state index contributed by atoms with van der Waals surface area (Å²) in [5, 5.41) is 19.8. The number of hydrogen-bond acceptors (Lipinski definition) is 4. The highest BCUT2D eigenvalue weighted by molar-refractivity contribution is 5.43. The number of phenols is 1. The highest BCUT2D eigenvalue weighted by Crippen LogP contribution is 2.29. The summed E-state index contributed by atoms with van der Waals surface area (Å²) in [6, 6.07) is 14.0. The highest BCUT2D eigenvalue weighted by atomic mass is 16.5. The molecule has 2 aromatic rings. The van der Waals surface area contributed by atoms with E-state index in [1.165, 1.54) is 13.2 Å². The molecule has 0 fully saturated rings. The molecule has 0 bridgehead atoms. The van der Waals surface area contributed by atoms with E-state index in [4.69, 9.17) is 10.5 Å². The molecule has 2 aromatic carbocycles. The maximum Gasteiger partial charge on any atom is 0.160 e. The van der Waals surface area contributed by atoms with Crippen molar-refractivity contribution >= 4 is 0 Å². The van der Waals surface area contributed by atoms with Crippen LogP contribution < -0.4 is 10.5 Å². The van der Waals surface area contributed by atoms with Crippen molar-refractivity contribution in [2.75, 3.05) is 7.11 Å². The Morgan fingerprint density at radius 1 is 1.15 bits per heavy atom. The van der Waals surface area contributed by atoms with Gasteiger partial charge in [0.2, 0.25) is 0 Å². The fourth-order valence-corrected chi connectivity index (χ4v) is 2.11. The van der Waals surface area contributed by atoms with E-state index in [0.29, 0.717) is 12.2 Å². The van der Waals surface area contributed by atoms with E-state index in [1.54, 1.807) is 12.1 Å². The van der Waals surface area contributed by atoms with Gasteiger partial charge >= 0.3 is 0 Å². The normalized spacial score (nSPS) is 13.8. The first kappa shape index (κ1) is 14.4. The molecule has 0 saturated heterocycles. The van der Waals surface area contributed by atoms with Crippen LogP contribution in [0.3, 0.4) is 0 Å². The fraction of sp³-hybridized carbons (Fsp3) is 0.250. The van der Waals surface area contributed by atoms with Gasteiger partial charge in [0.05, 0.1) is 19.3 Å². The molecule has 0 heterocycles. The summed E-state index contributed by atoms with van der Waals surface area (Å²) in [6.45, 7) is 0. The van der Waals surface area contributed by atoms with Crippen LogP contribution in [0.15, 0.2) is 48.5 Å². The molecule has 0 amide bonds. The molecule has 0 aromatic heterocycles. The Bertz CT molecular complexity index is 557. The van der Waals surface area contributed by atoms with Crippen molar-refractivity contribution in [2.24, 2.45) is 5.73 Å². The van der Waals surface area contributed by atoms with Gasteiger partial charge in [-0.25, -0.2) is 0 Å². The molecule has 0 aliphatic rings. The Kier molecular flexibility index (Phi) is 4.61. The zero-order chi connectivity index (χ0) is 14.5. The Morgan fingerprint density at radius 2 is 1.85 bits per heavy atom. The second-order valence-corrected chi connectivity index (χ2v) is 4.71. The molecule has 4 heteroatoms. The number of ether oxygens (including phenoxy) is 1. The van der Waals surface area contributed by atoms with Crippen LogP contribution in [-0.4, -0.2) is 23.4 Å². The lowest BCUT2D eigenvalue weighted by Gasteiger charge is -2.20. The van der Waals surface area contributed by atoms with Crippen LogP contribution in [0.5, 0.6) is 11.5 Å². The summed E-state index contributed by atoms with van der Waals surface area (Å²) in [4.78, 5) is 0. The van der Waals surface area contributed by atoms with Gasteiger partial charge in [0.1, 0.15) is 0 Å².